The first kappa shape index (κ1) is 15.0. The minimum absolute atomic E-state index is 0.00273. The molecule has 0 radical (unpaired) electrons. The van der Waals surface area contributed by atoms with Crippen LogP contribution in [0, 0.1) is 5.92 Å². The average molecular weight is 302 g/mol. The maximum Gasteiger partial charge on any atom is 0.231 e. The van der Waals surface area contributed by atoms with Crippen LogP contribution in [0.1, 0.15) is 24.3 Å². The highest BCUT2D eigenvalue weighted by Crippen LogP contribution is 2.29. The molecule has 1 aromatic heterocycles. The van der Waals surface area contributed by atoms with Crippen LogP contribution in [0.15, 0.2) is 24.5 Å². The van der Waals surface area contributed by atoms with Crippen molar-refractivity contribution in [1.29, 1.82) is 0 Å². The van der Waals surface area contributed by atoms with Gasteiger partial charge in [0.05, 0.1) is 12.5 Å². The van der Waals surface area contributed by atoms with Crippen molar-refractivity contribution in [2.75, 3.05) is 32.7 Å². The summed E-state index contributed by atoms with van der Waals surface area (Å²) in [5.74, 6) is 0.300. The van der Waals surface area contributed by atoms with Gasteiger partial charge in [0.25, 0.3) is 0 Å². The number of pyridine rings is 1. The summed E-state index contributed by atoms with van der Waals surface area (Å²) in [5, 5.41) is 0. The lowest BCUT2D eigenvalue weighted by molar-refractivity contribution is -0.142. The number of rotatable bonds is 4. The van der Waals surface area contributed by atoms with Crippen molar-refractivity contribution >= 4 is 11.8 Å². The first-order valence-corrected chi connectivity index (χ1v) is 7.83. The summed E-state index contributed by atoms with van der Waals surface area (Å²) < 4.78 is 0. The van der Waals surface area contributed by atoms with E-state index in [0.717, 1.165) is 32.5 Å². The van der Waals surface area contributed by atoms with Crippen LogP contribution in [0.2, 0.25) is 0 Å². The van der Waals surface area contributed by atoms with E-state index in [1.165, 1.54) is 5.56 Å². The third-order valence-electron chi connectivity index (χ3n) is 4.58. The highest BCUT2D eigenvalue weighted by atomic mass is 16.2. The third-order valence-corrected chi connectivity index (χ3v) is 4.58. The van der Waals surface area contributed by atoms with E-state index < -0.39 is 0 Å². The number of aromatic nitrogens is 1. The second-order valence-electron chi connectivity index (χ2n) is 6.27. The van der Waals surface area contributed by atoms with E-state index in [1.807, 2.05) is 22.1 Å². The molecule has 22 heavy (non-hydrogen) atoms. The summed E-state index contributed by atoms with van der Waals surface area (Å²) in [7, 11) is 0. The molecule has 6 nitrogen and oxygen atoms in total. The predicted molar refractivity (Wildman–Crippen MR) is 81.9 cm³/mol. The maximum absolute atomic E-state index is 12.6. The number of nitrogens with two attached hydrogens (primary N) is 1. The summed E-state index contributed by atoms with van der Waals surface area (Å²) in [6.07, 6.45) is 5.49. The van der Waals surface area contributed by atoms with Crippen molar-refractivity contribution < 1.29 is 9.59 Å². The number of hydrogen-bond donors (Lipinski definition) is 1. The van der Waals surface area contributed by atoms with Crippen LogP contribution in [0.4, 0.5) is 0 Å². The summed E-state index contributed by atoms with van der Waals surface area (Å²) in [5.41, 5.74) is 6.44. The molecule has 1 aromatic rings. The van der Waals surface area contributed by atoms with Crippen LogP contribution in [-0.4, -0.2) is 59.3 Å². The van der Waals surface area contributed by atoms with Crippen LogP contribution < -0.4 is 5.73 Å². The SMILES string of the molecule is NC(=O)CN1CCCC(C(=O)N2CC(c3cccnc3)C2)C1. The number of carbonyl (C=O) groups excluding carboxylic acids is 2. The van der Waals surface area contributed by atoms with E-state index in [1.54, 1.807) is 6.20 Å². The second-order valence-corrected chi connectivity index (χ2v) is 6.27. The Morgan fingerprint density at radius 3 is 2.82 bits per heavy atom. The molecule has 3 heterocycles. The Balaban J connectivity index is 1.51. The summed E-state index contributed by atoms with van der Waals surface area (Å²) in [6.45, 7) is 3.30. The van der Waals surface area contributed by atoms with E-state index in [9.17, 15) is 9.59 Å². The summed E-state index contributed by atoms with van der Waals surface area (Å²) in [4.78, 5) is 31.6. The number of piperidine rings is 1. The van der Waals surface area contributed by atoms with Crippen molar-refractivity contribution in [3.8, 4) is 0 Å². The molecule has 0 spiro atoms. The molecule has 0 aromatic carbocycles. The van der Waals surface area contributed by atoms with Crippen LogP contribution >= 0.6 is 0 Å². The van der Waals surface area contributed by atoms with E-state index in [4.69, 9.17) is 5.73 Å². The molecular formula is C16H22N4O2. The highest BCUT2D eigenvalue weighted by Gasteiger charge is 2.36. The van der Waals surface area contributed by atoms with Gasteiger partial charge in [-0.25, -0.2) is 0 Å². The van der Waals surface area contributed by atoms with Gasteiger partial charge in [-0.2, -0.15) is 0 Å². The molecule has 2 N–H and O–H groups in total. The highest BCUT2D eigenvalue weighted by molar-refractivity contribution is 5.80. The Hall–Kier alpha value is -1.95. The lowest BCUT2D eigenvalue weighted by Crippen LogP contribution is -2.53. The Kier molecular flexibility index (Phi) is 4.38. The first-order valence-electron chi connectivity index (χ1n) is 7.83. The summed E-state index contributed by atoms with van der Waals surface area (Å²) in [6, 6.07) is 4.00. The molecule has 6 heteroatoms. The van der Waals surface area contributed by atoms with Gasteiger partial charge in [-0.15, -0.1) is 0 Å². The van der Waals surface area contributed by atoms with Gasteiger partial charge in [-0.05, 0) is 31.0 Å². The Morgan fingerprint density at radius 2 is 2.14 bits per heavy atom. The zero-order chi connectivity index (χ0) is 15.5. The lowest BCUT2D eigenvalue weighted by atomic mass is 9.89. The van der Waals surface area contributed by atoms with Gasteiger partial charge in [0.15, 0.2) is 0 Å². The fraction of sp³-hybridized carbons (Fsp3) is 0.562. The van der Waals surface area contributed by atoms with Gasteiger partial charge >= 0.3 is 0 Å². The largest absolute Gasteiger partial charge is 0.369 e. The fourth-order valence-electron chi connectivity index (χ4n) is 3.37. The molecule has 0 saturated carbocycles. The molecule has 0 aliphatic carbocycles. The van der Waals surface area contributed by atoms with Crippen LogP contribution in [-0.2, 0) is 9.59 Å². The number of primary amides is 1. The normalized spacial score (nSPS) is 23.1. The molecule has 1 unspecified atom stereocenters. The topological polar surface area (TPSA) is 79.5 Å². The number of nitrogens with zero attached hydrogens (tertiary/aromatic N) is 3. The molecule has 118 valence electrons. The van der Waals surface area contributed by atoms with Crippen molar-refractivity contribution in [1.82, 2.24) is 14.8 Å². The monoisotopic (exact) mass is 302 g/mol. The van der Waals surface area contributed by atoms with E-state index in [0.29, 0.717) is 12.5 Å². The minimum atomic E-state index is -0.325. The Morgan fingerprint density at radius 1 is 1.32 bits per heavy atom. The van der Waals surface area contributed by atoms with Gasteiger partial charge in [-0.3, -0.25) is 19.5 Å². The van der Waals surface area contributed by atoms with E-state index in [-0.39, 0.29) is 24.3 Å². The van der Waals surface area contributed by atoms with Gasteiger partial charge in [-0.1, -0.05) is 6.07 Å². The van der Waals surface area contributed by atoms with Gasteiger partial charge in [0.2, 0.25) is 11.8 Å². The van der Waals surface area contributed by atoms with Gasteiger partial charge in [0, 0.05) is 37.9 Å². The second kappa shape index (κ2) is 6.44. The zero-order valence-corrected chi connectivity index (χ0v) is 12.6. The quantitative estimate of drug-likeness (QED) is 0.862. The molecule has 1 atom stereocenters. The predicted octanol–water partition coefficient (Wildman–Crippen LogP) is 0.205. The van der Waals surface area contributed by atoms with Crippen molar-refractivity contribution in [2.24, 2.45) is 11.7 Å². The lowest BCUT2D eigenvalue weighted by Gasteiger charge is -2.43. The number of likely N-dealkylation sites (tertiary alicyclic amines) is 2. The molecule has 2 aliphatic heterocycles. The fourth-order valence-corrected chi connectivity index (χ4v) is 3.37. The molecule has 2 amide bonds. The van der Waals surface area contributed by atoms with Gasteiger partial charge in [0.1, 0.15) is 0 Å². The van der Waals surface area contributed by atoms with Crippen molar-refractivity contribution in [3.63, 3.8) is 0 Å². The van der Waals surface area contributed by atoms with Crippen LogP contribution in [0.5, 0.6) is 0 Å². The molecular weight excluding hydrogens is 280 g/mol. The number of hydrogen-bond acceptors (Lipinski definition) is 4. The average Bonchev–Trinajstić information content (AvgIpc) is 2.46. The molecule has 2 saturated heterocycles. The molecule has 2 aliphatic rings. The van der Waals surface area contributed by atoms with Crippen molar-refractivity contribution in [2.45, 2.75) is 18.8 Å². The summed E-state index contributed by atoms with van der Waals surface area (Å²) >= 11 is 0. The number of amides is 2. The minimum Gasteiger partial charge on any atom is -0.369 e. The Bertz CT molecular complexity index is 542. The standard InChI is InChI=1S/C16H22N4O2/c17-15(21)11-19-6-2-4-13(8-19)16(22)20-9-14(10-20)12-3-1-5-18-7-12/h1,3,5,7,13-14H,2,4,6,8-11H2,(H2,17,21). The Labute approximate surface area is 130 Å². The molecule has 2 fully saturated rings. The zero-order valence-electron chi connectivity index (χ0n) is 12.6. The van der Waals surface area contributed by atoms with E-state index in [2.05, 4.69) is 11.1 Å². The van der Waals surface area contributed by atoms with E-state index >= 15 is 0 Å². The number of carbonyl (C=O) groups is 2. The first-order chi connectivity index (χ1) is 10.6. The van der Waals surface area contributed by atoms with Gasteiger partial charge < -0.3 is 10.6 Å². The smallest absolute Gasteiger partial charge is 0.231 e. The maximum atomic E-state index is 12.6. The van der Waals surface area contributed by atoms with Crippen LogP contribution in [0.25, 0.3) is 0 Å². The van der Waals surface area contributed by atoms with Crippen LogP contribution in [0.3, 0.4) is 0 Å². The molecule has 3 rings (SSSR count). The van der Waals surface area contributed by atoms with Crippen molar-refractivity contribution in [3.05, 3.63) is 30.1 Å². The third kappa shape index (κ3) is 3.27. The molecule has 0 bridgehead atoms.